The Labute approximate surface area is 104 Å². The summed E-state index contributed by atoms with van der Waals surface area (Å²) in [7, 11) is 0. The number of nitrogens with two attached hydrogens (primary N) is 1. The molecule has 3 nitrogen and oxygen atoms in total. The largest absolute Gasteiger partial charge is 0.466 e. The fourth-order valence-corrected chi connectivity index (χ4v) is 2.82. The van der Waals surface area contributed by atoms with E-state index in [1.165, 1.54) is 4.70 Å². The number of esters is 1. The van der Waals surface area contributed by atoms with Gasteiger partial charge in [-0.05, 0) is 29.3 Å². The third-order valence-corrected chi connectivity index (χ3v) is 3.58. The fourth-order valence-electron chi connectivity index (χ4n) is 1.79. The van der Waals surface area contributed by atoms with Gasteiger partial charge in [0.25, 0.3) is 0 Å². The Morgan fingerprint density at radius 3 is 3.00 bits per heavy atom. The number of carbonyl (C=O) groups excluding carboxylic acids is 1. The first-order valence-electron chi connectivity index (χ1n) is 5.59. The second-order valence-corrected chi connectivity index (χ2v) is 4.71. The fraction of sp³-hybridized carbons (Fsp3) is 0.308. The van der Waals surface area contributed by atoms with Gasteiger partial charge in [-0.15, -0.1) is 11.3 Å². The Balaban J connectivity index is 2.19. The molecule has 17 heavy (non-hydrogen) atoms. The van der Waals surface area contributed by atoms with Crippen LogP contribution < -0.4 is 5.73 Å². The molecular weight excluding hydrogens is 234 g/mol. The summed E-state index contributed by atoms with van der Waals surface area (Å²) < 4.78 is 6.10. The number of fused-ring (bicyclic) bond motifs is 1. The van der Waals surface area contributed by atoms with Crippen molar-refractivity contribution < 1.29 is 9.53 Å². The van der Waals surface area contributed by atoms with Crippen LogP contribution in [-0.4, -0.2) is 12.6 Å². The van der Waals surface area contributed by atoms with E-state index in [0.29, 0.717) is 6.61 Å². The van der Waals surface area contributed by atoms with Gasteiger partial charge >= 0.3 is 5.97 Å². The Morgan fingerprint density at radius 2 is 2.24 bits per heavy atom. The lowest BCUT2D eigenvalue weighted by Crippen LogP contribution is -2.16. The van der Waals surface area contributed by atoms with Crippen molar-refractivity contribution in [1.29, 1.82) is 0 Å². The maximum absolute atomic E-state index is 11.4. The van der Waals surface area contributed by atoms with E-state index in [4.69, 9.17) is 10.5 Å². The molecule has 0 saturated carbocycles. The third kappa shape index (κ3) is 2.65. The summed E-state index contributed by atoms with van der Waals surface area (Å²) in [5.74, 6) is -0.240. The van der Waals surface area contributed by atoms with Gasteiger partial charge in [-0.1, -0.05) is 18.2 Å². The summed E-state index contributed by atoms with van der Waals surface area (Å²) in [5.41, 5.74) is 7.07. The van der Waals surface area contributed by atoms with Gasteiger partial charge in [0.05, 0.1) is 13.0 Å². The van der Waals surface area contributed by atoms with E-state index >= 15 is 0 Å². The zero-order valence-electron chi connectivity index (χ0n) is 9.68. The number of rotatable bonds is 4. The molecule has 1 heterocycles. The molecular formula is C13H15NO2S. The first kappa shape index (κ1) is 12.1. The molecule has 2 aromatic rings. The van der Waals surface area contributed by atoms with Crippen molar-refractivity contribution >= 4 is 27.4 Å². The van der Waals surface area contributed by atoms with Crippen LogP contribution in [0.2, 0.25) is 0 Å². The van der Waals surface area contributed by atoms with Crippen LogP contribution >= 0.6 is 11.3 Å². The van der Waals surface area contributed by atoms with Crippen LogP contribution in [0.5, 0.6) is 0 Å². The highest BCUT2D eigenvalue weighted by Crippen LogP contribution is 2.30. The van der Waals surface area contributed by atoms with Crippen LogP contribution in [0.4, 0.5) is 0 Å². The first-order chi connectivity index (χ1) is 8.22. The summed E-state index contributed by atoms with van der Waals surface area (Å²) in [4.78, 5) is 11.4. The van der Waals surface area contributed by atoms with Gasteiger partial charge in [-0.25, -0.2) is 0 Å². The van der Waals surface area contributed by atoms with Crippen LogP contribution in [-0.2, 0) is 9.53 Å². The lowest BCUT2D eigenvalue weighted by Gasteiger charge is -2.10. The van der Waals surface area contributed by atoms with Gasteiger partial charge in [0.1, 0.15) is 0 Å². The lowest BCUT2D eigenvalue weighted by molar-refractivity contribution is -0.143. The molecule has 0 spiro atoms. The van der Waals surface area contributed by atoms with Crippen LogP contribution in [0, 0.1) is 0 Å². The number of hydrogen-bond acceptors (Lipinski definition) is 4. The standard InChI is InChI=1S/C13H15NO2S/c1-2-16-13(15)7-11(14)10-8-17-12-6-4-3-5-9(10)12/h3-6,8,11H,2,7,14H2,1H3/t11-/m0/s1. The van der Waals surface area contributed by atoms with Crippen molar-refractivity contribution in [2.75, 3.05) is 6.61 Å². The highest BCUT2D eigenvalue weighted by Gasteiger charge is 2.15. The quantitative estimate of drug-likeness (QED) is 0.848. The van der Waals surface area contributed by atoms with Crippen molar-refractivity contribution in [2.24, 2.45) is 5.73 Å². The van der Waals surface area contributed by atoms with Crippen molar-refractivity contribution in [2.45, 2.75) is 19.4 Å². The molecule has 0 bridgehead atoms. The van der Waals surface area contributed by atoms with Crippen molar-refractivity contribution in [3.63, 3.8) is 0 Å². The van der Waals surface area contributed by atoms with E-state index in [-0.39, 0.29) is 18.4 Å². The van der Waals surface area contributed by atoms with Gasteiger partial charge < -0.3 is 10.5 Å². The summed E-state index contributed by atoms with van der Waals surface area (Å²) in [6.07, 6.45) is 0.231. The zero-order valence-corrected chi connectivity index (χ0v) is 10.5. The molecule has 0 aliphatic rings. The topological polar surface area (TPSA) is 52.3 Å². The van der Waals surface area contributed by atoms with Crippen molar-refractivity contribution in [3.05, 3.63) is 35.2 Å². The summed E-state index contributed by atoms with van der Waals surface area (Å²) in [6.45, 7) is 2.19. The summed E-state index contributed by atoms with van der Waals surface area (Å²) in [6, 6.07) is 7.78. The predicted molar refractivity (Wildman–Crippen MR) is 70.0 cm³/mol. The molecule has 0 unspecified atom stereocenters. The number of hydrogen-bond donors (Lipinski definition) is 1. The van der Waals surface area contributed by atoms with Gasteiger partial charge in [-0.3, -0.25) is 4.79 Å². The third-order valence-electron chi connectivity index (χ3n) is 2.60. The molecule has 0 fully saturated rings. The number of carbonyl (C=O) groups is 1. The first-order valence-corrected chi connectivity index (χ1v) is 6.47. The van der Waals surface area contributed by atoms with Gasteiger partial charge in [-0.2, -0.15) is 0 Å². The van der Waals surface area contributed by atoms with Crippen LogP contribution in [0.15, 0.2) is 29.6 Å². The van der Waals surface area contributed by atoms with Crippen molar-refractivity contribution in [3.8, 4) is 0 Å². The molecule has 0 saturated heterocycles. The number of benzene rings is 1. The SMILES string of the molecule is CCOC(=O)C[C@H](N)c1csc2ccccc12. The minimum absolute atomic E-state index is 0.231. The molecule has 1 aromatic carbocycles. The minimum Gasteiger partial charge on any atom is -0.466 e. The van der Waals surface area contributed by atoms with Gasteiger partial charge in [0.15, 0.2) is 0 Å². The smallest absolute Gasteiger partial charge is 0.307 e. The Bertz CT molecular complexity index is 521. The molecule has 2 rings (SSSR count). The van der Waals surface area contributed by atoms with Gasteiger partial charge in [0.2, 0.25) is 0 Å². The molecule has 4 heteroatoms. The second kappa shape index (κ2) is 5.29. The second-order valence-electron chi connectivity index (χ2n) is 3.80. The maximum Gasteiger partial charge on any atom is 0.307 e. The highest BCUT2D eigenvalue weighted by atomic mass is 32.1. The normalized spacial score (nSPS) is 12.6. The van der Waals surface area contributed by atoms with E-state index in [2.05, 4.69) is 6.07 Å². The summed E-state index contributed by atoms with van der Waals surface area (Å²) in [5, 5.41) is 3.16. The Morgan fingerprint density at radius 1 is 1.47 bits per heavy atom. The van der Waals surface area contributed by atoms with Crippen molar-refractivity contribution in [1.82, 2.24) is 0 Å². The maximum atomic E-state index is 11.4. The highest BCUT2D eigenvalue weighted by molar-refractivity contribution is 7.17. The summed E-state index contributed by atoms with van der Waals surface area (Å²) >= 11 is 1.65. The molecule has 2 N–H and O–H groups in total. The van der Waals surface area contributed by atoms with E-state index in [1.54, 1.807) is 18.3 Å². The van der Waals surface area contributed by atoms with Crippen LogP contribution in [0.3, 0.4) is 0 Å². The minimum atomic E-state index is -0.287. The van der Waals surface area contributed by atoms with E-state index in [1.807, 2.05) is 23.6 Å². The van der Waals surface area contributed by atoms with E-state index in [9.17, 15) is 4.79 Å². The average molecular weight is 249 g/mol. The molecule has 0 radical (unpaired) electrons. The molecule has 1 aromatic heterocycles. The zero-order chi connectivity index (χ0) is 12.3. The van der Waals surface area contributed by atoms with Crippen LogP contribution in [0.25, 0.3) is 10.1 Å². The Hall–Kier alpha value is -1.39. The molecule has 90 valence electrons. The van der Waals surface area contributed by atoms with E-state index < -0.39 is 0 Å². The van der Waals surface area contributed by atoms with Crippen LogP contribution in [0.1, 0.15) is 24.9 Å². The van der Waals surface area contributed by atoms with E-state index in [0.717, 1.165) is 10.9 Å². The monoisotopic (exact) mass is 249 g/mol. The number of ether oxygens (including phenoxy) is 1. The lowest BCUT2D eigenvalue weighted by atomic mass is 10.0. The Kier molecular flexibility index (Phi) is 3.76. The molecule has 1 atom stereocenters. The predicted octanol–water partition coefficient (Wildman–Crippen LogP) is 2.85. The average Bonchev–Trinajstić information content (AvgIpc) is 2.72. The molecule has 0 amide bonds. The number of thiophene rings is 1. The van der Waals surface area contributed by atoms with Gasteiger partial charge in [0, 0.05) is 10.7 Å². The molecule has 0 aliphatic carbocycles. The molecule has 0 aliphatic heterocycles.